The molecule has 1 unspecified atom stereocenters. The van der Waals surface area contributed by atoms with Crippen LogP contribution < -0.4 is 10.6 Å². The largest absolute Gasteiger partial charge is 0.481 e. The molecule has 5 nitrogen and oxygen atoms in total. The minimum Gasteiger partial charge on any atom is -0.481 e. The van der Waals surface area contributed by atoms with Gasteiger partial charge in [-0.15, -0.1) is 11.8 Å². The number of carboxylic acid groups (broad SMARTS) is 1. The number of hydrogen-bond acceptors (Lipinski definition) is 4. The Kier molecular flexibility index (Phi) is 7.99. The molecular weight excluding hydrogens is 276 g/mol. The number of carbonyl (C=O) groups is 2. The second-order valence-electron chi connectivity index (χ2n) is 5.73. The molecule has 116 valence electrons. The van der Waals surface area contributed by atoms with Crippen molar-refractivity contribution in [3.63, 3.8) is 0 Å². The molecule has 1 saturated heterocycles. The van der Waals surface area contributed by atoms with Gasteiger partial charge in [0.1, 0.15) is 0 Å². The quantitative estimate of drug-likeness (QED) is 0.630. The number of thioether (sulfide) groups is 1. The van der Waals surface area contributed by atoms with E-state index in [4.69, 9.17) is 5.11 Å². The fraction of sp³-hybridized carbons (Fsp3) is 0.857. The van der Waals surface area contributed by atoms with E-state index in [1.54, 1.807) is 11.8 Å². The van der Waals surface area contributed by atoms with Crippen LogP contribution in [0.2, 0.25) is 0 Å². The highest BCUT2D eigenvalue weighted by atomic mass is 32.2. The molecule has 0 spiro atoms. The fourth-order valence-corrected chi connectivity index (χ4v) is 3.34. The third-order valence-electron chi connectivity index (χ3n) is 3.39. The fourth-order valence-electron chi connectivity index (χ4n) is 2.28. The number of piperidine rings is 1. The maximum atomic E-state index is 11.8. The molecule has 0 aliphatic carbocycles. The zero-order chi connectivity index (χ0) is 15.0. The van der Waals surface area contributed by atoms with Gasteiger partial charge in [0.15, 0.2) is 0 Å². The van der Waals surface area contributed by atoms with Crippen molar-refractivity contribution in [1.82, 2.24) is 10.6 Å². The maximum absolute atomic E-state index is 11.8. The van der Waals surface area contributed by atoms with E-state index < -0.39 is 11.9 Å². The lowest BCUT2D eigenvalue weighted by Crippen LogP contribution is -2.35. The third kappa shape index (κ3) is 7.14. The van der Waals surface area contributed by atoms with Crippen LogP contribution in [0.4, 0.5) is 0 Å². The molecule has 0 radical (unpaired) electrons. The lowest BCUT2D eigenvalue weighted by Gasteiger charge is -2.22. The monoisotopic (exact) mass is 302 g/mol. The average molecular weight is 302 g/mol. The highest BCUT2D eigenvalue weighted by Gasteiger charge is 2.20. The summed E-state index contributed by atoms with van der Waals surface area (Å²) in [7, 11) is 0. The molecule has 1 atom stereocenters. The van der Waals surface area contributed by atoms with Gasteiger partial charge in [0.25, 0.3) is 0 Å². The summed E-state index contributed by atoms with van der Waals surface area (Å²) in [5, 5.41) is 15.7. The predicted molar refractivity (Wildman–Crippen MR) is 81.9 cm³/mol. The molecule has 0 saturated carbocycles. The van der Waals surface area contributed by atoms with Crippen LogP contribution in [-0.2, 0) is 9.59 Å². The van der Waals surface area contributed by atoms with E-state index in [-0.39, 0.29) is 12.5 Å². The Morgan fingerprint density at radius 1 is 1.35 bits per heavy atom. The highest BCUT2D eigenvalue weighted by Crippen LogP contribution is 2.19. The number of hydrogen-bond donors (Lipinski definition) is 3. The summed E-state index contributed by atoms with van der Waals surface area (Å²) in [6, 6.07) is 0. The second-order valence-corrected chi connectivity index (χ2v) is 7.02. The molecule has 20 heavy (non-hydrogen) atoms. The number of nitrogens with one attached hydrogen (secondary N) is 2. The van der Waals surface area contributed by atoms with Crippen molar-refractivity contribution >= 4 is 23.6 Å². The third-order valence-corrected chi connectivity index (χ3v) is 4.76. The van der Waals surface area contributed by atoms with Crippen LogP contribution in [0.3, 0.4) is 0 Å². The van der Waals surface area contributed by atoms with Crippen molar-refractivity contribution in [1.29, 1.82) is 0 Å². The molecule has 1 aliphatic rings. The highest BCUT2D eigenvalue weighted by molar-refractivity contribution is 8.00. The van der Waals surface area contributed by atoms with Crippen LogP contribution in [0, 0.1) is 11.8 Å². The summed E-state index contributed by atoms with van der Waals surface area (Å²) in [6.45, 7) is 6.26. The molecule has 0 aromatic carbocycles. The molecule has 1 aliphatic heterocycles. The van der Waals surface area contributed by atoms with Gasteiger partial charge >= 0.3 is 5.97 Å². The molecule has 6 heteroatoms. The molecule has 1 fully saturated rings. The van der Waals surface area contributed by atoms with Crippen LogP contribution in [-0.4, -0.2) is 47.6 Å². The van der Waals surface area contributed by atoms with Gasteiger partial charge in [-0.1, -0.05) is 13.8 Å². The van der Waals surface area contributed by atoms with E-state index in [2.05, 4.69) is 10.6 Å². The molecule has 0 aromatic heterocycles. The van der Waals surface area contributed by atoms with Crippen molar-refractivity contribution in [2.45, 2.75) is 38.4 Å². The second kappa shape index (κ2) is 9.23. The Labute approximate surface area is 125 Å². The summed E-state index contributed by atoms with van der Waals surface area (Å²) in [4.78, 5) is 22.8. The first-order valence-corrected chi connectivity index (χ1v) is 8.35. The van der Waals surface area contributed by atoms with Crippen molar-refractivity contribution in [3.05, 3.63) is 0 Å². The summed E-state index contributed by atoms with van der Waals surface area (Å²) < 4.78 is 0. The molecule has 3 N–H and O–H groups in total. The van der Waals surface area contributed by atoms with Crippen molar-refractivity contribution in [2.24, 2.45) is 11.8 Å². The zero-order valence-corrected chi connectivity index (χ0v) is 13.2. The molecule has 1 heterocycles. The van der Waals surface area contributed by atoms with E-state index in [1.165, 1.54) is 0 Å². The topological polar surface area (TPSA) is 78.4 Å². The zero-order valence-electron chi connectivity index (χ0n) is 12.4. The van der Waals surface area contributed by atoms with E-state index in [1.807, 2.05) is 13.8 Å². The number of amides is 1. The van der Waals surface area contributed by atoms with Crippen LogP contribution in [0.25, 0.3) is 0 Å². The first-order chi connectivity index (χ1) is 9.49. The number of carbonyl (C=O) groups excluding carboxylic acids is 1. The Balaban J connectivity index is 2.21. The molecule has 1 amide bonds. The van der Waals surface area contributed by atoms with Crippen LogP contribution in [0.1, 0.15) is 33.1 Å². The summed E-state index contributed by atoms with van der Waals surface area (Å²) in [5.74, 6) is -0.618. The van der Waals surface area contributed by atoms with E-state index in [0.29, 0.717) is 23.3 Å². The van der Waals surface area contributed by atoms with Crippen molar-refractivity contribution in [3.8, 4) is 0 Å². The van der Waals surface area contributed by atoms with Gasteiger partial charge in [-0.25, -0.2) is 0 Å². The van der Waals surface area contributed by atoms with Crippen LogP contribution in [0.15, 0.2) is 0 Å². The van der Waals surface area contributed by atoms with Crippen molar-refractivity contribution < 1.29 is 14.7 Å². The van der Waals surface area contributed by atoms with Gasteiger partial charge in [0, 0.05) is 11.8 Å². The van der Waals surface area contributed by atoms with Crippen LogP contribution in [0.5, 0.6) is 0 Å². The first-order valence-electron chi connectivity index (χ1n) is 7.31. The van der Waals surface area contributed by atoms with Gasteiger partial charge in [-0.2, -0.15) is 0 Å². The standard InChI is InChI=1S/C14H26N2O3S/c1-10(2)7-11(14(18)19)8-16-13(17)9-20-12-3-5-15-6-4-12/h10-12,15H,3-9H2,1-2H3,(H,16,17)(H,18,19). The summed E-state index contributed by atoms with van der Waals surface area (Å²) >= 11 is 1.68. The van der Waals surface area contributed by atoms with Crippen LogP contribution >= 0.6 is 11.8 Å². The van der Waals surface area contributed by atoms with E-state index in [0.717, 1.165) is 25.9 Å². The summed E-state index contributed by atoms with van der Waals surface area (Å²) in [6.07, 6.45) is 2.79. The van der Waals surface area contributed by atoms with Gasteiger partial charge in [-0.05, 0) is 38.3 Å². The Hall–Kier alpha value is -0.750. The lowest BCUT2D eigenvalue weighted by molar-refractivity contribution is -0.142. The lowest BCUT2D eigenvalue weighted by atomic mass is 9.97. The SMILES string of the molecule is CC(C)CC(CNC(=O)CSC1CCNCC1)C(=O)O. The van der Waals surface area contributed by atoms with E-state index >= 15 is 0 Å². The van der Waals surface area contributed by atoms with Gasteiger partial charge in [-0.3, -0.25) is 9.59 Å². The van der Waals surface area contributed by atoms with Gasteiger partial charge < -0.3 is 15.7 Å². The molecule has 0 aromatic rings. The Bertz CT molecular complexity index is 318. The predicted octanol–water partition coefficient (Wildman–Crippen LogP) is 1.33. The first kappa shape index (κ1) is 17.3. The smallest absolute Gasteiger partial charge is 0.308 e. The van der Waals surface area contributed by atoms with Gasteiger partial charge in [0.2, 0.25) is 5.91 Å². The molecule has 0 bridgehead atoms. The minimum atomic E-state index is -0.829. The number of carboxylic acids is 1. The Morgan fingerprint density at radius 3 is 2.55 bits per heavy atom. The number of rotatable bonds is 8. The Morgan fingerprint density at radius 2 is 2.00 bits per heavy atom. The maximum Gasteiger partial charge on any atom is 0.308 e. The molecular formula is C14H26N2O3S. The van der Waals surface area contributed by atoms with E-state index in [9.17, 15) is 9.59 Å². The normalized spacial score (nSPS) is 17.9. The molecule has 1 rings (SSSR count). The average Bonchev–Trinajstić information content (AvgIpc) is 2.41. The number of aliphatic carboxylic acids is 1. The van der Waals surface area contributed by atoms with Gasteiger partial charge in [0.05, 0.1) is 11.7 Å². The summed E-state index contributed by atoms with van der Waals surface area (Å²) in [5.41, 5.74) is 0. The minimum absolute atomic E-state index is 0.0523. The van der Waals surface area contributed by atoms with Crippen molar-refractivity contribution in [2.75, 3.05) is 25.4 Å².